The normalized spacial score (nSPS) is 12.2. The van der Waals surface area contributed by atoms with Crippen molar-refractivity contribution >= 4 is 11.0 Å². The van der Waals surface area contributed by atoms with Crippen LogP contribution in [-0.4, -0.2) is 20.3 Å². The predicted molar refractivity (Wildman–Crippen MR) is 49.1 cm³/mol. The fourth-order valence-corrected chi connectivity index (χ4v) is 1.32. The highest BCUT2D eigenvalue weighted by Gasteiger charge is 2.21. The van der Waals surface area contributed by atoms with Gasteiger partial charge in [0, 0.05) is 11.6 Å². The van der Waals surface area contributed by atoms with Gasteiger partial charge in [0.2, 0.25) is 0 Å². The largest absolute Gasteiger partial charge is 0.384 e. The zero-order chi connectivity index (χ0) is 9.47. The molecule has 0 atom stereocenters. The number of H-pyrrole nitrogens is 1. The smallest absolute Gasteiger partial charge is 0.181 e. The Morgan fingerprint density at radius 1 is 1.46 bits per heavy atom. The van der Waals surface area contributed by atoms with Gasteiger partial charge in [0.15, 0.2) is 5.65 Å². The molecule has 0 fully saturated rings. The zero-order valence-corrected chi connectivity index (χ0v) is 7.57. The Bertz CT molecular complexity index is 428. The highest BCUT2D eigenvalue weighted by molar-refractivity contribution is 5.78. The summed E-state index contributed by atoms with van der Waals surface area (Å²) in [6.07, 6.45) is 1.68. The van der Waals surface area contributed by atoms with Crippen molar-refractivity contribution in [3.05, 3.63) is 24.0 Å². The molecule has 4 nitrogen and oxygen atoms in total. The summed E-state index contributed by atoms with van der Waals surface area (Å²) < 4.78 is 0. The maximum atomic E-state index is 9.78. The lowest BCUT2D eigenvalue weighted by Gasteiger charge is -2.14. The van der Waals surface area contributed by atoms with E-state index < -0.39 is 5.60 Å². The van der Waals surface area contributed by atoms with Crippen LogP contribution >= 0.6 is 0 Å². The van der Waals surface area contributed by atoms with E-state index in [1.807, 2.05) is 12.1 Å². The fraction of sp³-hybridized carbons (Fsp3) is 0.333. The Kier molecular flexibility index (Phi) is 1.60. The van der Waals surface area contributed by atoms with Crippen LogP contribution in [0.3, 0.4) is 0 Å². The number of aliphatic hydroxyl groups is 1. The van der Waals surface area contributed by atoms with Gasteiger partial charge in [-0.05, 0) is 26.0 Å². The summed E-state index contributed by atoms with van der Waals surface area (Å²) in [6.45, 7) is 3.43. The van der Waals surface area contributed by atoms with E-state index in [1.54, 1.807) is 20.0 Å². The van der Waals surface area contributed by atoms with Crippen LogP contribution in [0, 0.1) is 0 Å². The minimum atomic E-state index is -0.905. The maximum absolute atomic E-state index is 9.78. The minimum Gasteiger partial charge on any atom is -0.384 e. The van der Waals surface area contributed by atoms with Gasteiger partial charge in [0.05, 0.1) is 5.69 Å². The first-order chi connectivity index (χ1) is 6.09. The number of nitrogens with one attached hydrogen (secondary N) is 1. The lowest BCUT2D eigenvalue weighted by Crippen LogP contribution is -2.16. The third kappa shape index (κ3) is 1.29. The Labute approximate surface area is 75.6 Å². The van der Waals surface area contributed by atoms with Crippen LogP contribution < -0.4 is 0 Å². The van der Waals surface area contributed by atoms with E-state index in [-0.39, 0.29) is 0 Å². The molecule has 4 heteroatoms. The van der Waals surface area contributed by atoms with Gasteiger partial charge < -0.3 is 5.11 Å². The highest BCUT2D eigenvalue weighted by atomic mass is 16.3. The van der Waals surface area contributed by atoms with Crippen molar-refractivity contribution in [2.45, 2.75) is 19.4 Å². The quantitative estimate of drug-likeness (QED) is 0.687. The molecular formula is C9H11N3O. The topological polar surface area (TPSA) is 61.8 Å². The molecule has 0 spiro atoms. The molecule has 2 heterocycles. The Hall–Kier alpha value is -1.42. The molecule has 0 aromatic carbocycles. The number of hydrogen-bond acceptors (Lipinski definition) is 3. The summed E-state index contributed by atoms with van der Waals surface area (Å²) in [7, 11) is 0. The molecule has 0 saturated carbocycles. The summed E-state index contributed by atoms with van der Waals surface area (Å²) in [4.78, 5) is 4.06. The number of rotatable bonds is 1. The molecule has 2 aromatic heterocycles. The number of aromatic amines is 1. The van der Waals surface area contributed by atoms with E-state index >= 15 is 0 Å². The Morgan fingerprint density at radius 3 is 2.92 bits per heavy atom. The van der Waals surface area contributed by atoms with Gasteiger partial charge >= 0.3 is 0 Å². The number of nitrogens with zero attached hydrogens (tertiary/aromatic N) is 2. The predicted octanol–water partition coefficient (Wildman–Crippen LogP) is 1.19. The lowest BCUT2D eigenvalue weighted by molar-refractivity contribution is 0.0753. The number of hydrogen-bond donors (Lipinski definition) is 2. The zero-order valence-electron chi connectivity index (χ0n) is 7.57. The molecule has 0 saturated heterocycles. The number of fused-ring (bicyclic) bond motifs is 1. The van der Waals surface area contributed by atoms with E-state index in [4.69, 9.17) is 0 Å². The van der Waals surface area contributed by atoms with Gasteiger partial charge in [-0.2, -0.15) is 5.10 Å². The van der Waals surface area contributed by atoms with Gasteiger partial charge in [-0.15, -0.1) is 0 Å². The van der Waals surface area contributed by atoms with Crippen LogP contribution in [0.1, 0.15) is 19.5 Å². The van der Waals surface area contributed by atoms with Crippen LogP contribution in [0.5, 0.6) is 0 Å². The SMILES string of the molecule is CC(C)(O)c1[nH]nc2ncccc12. The molecule has 2 aromatic rings. The molecule has 0 unspecified atom stereocenters. The second kappa shape index (κ2) is 2.53. The van der Waals surface area contributed by atoms with E-state index in [0.29, 0.717) is 11.3 Å². The molecule has 13 heavy (non-hydrogen) atoms. The summed E-state index contributed by atoms with van der Waals surface area (Å²) in [5.74, 6) is 0. The van der Waals surface area contributed by atoms with Crippen molar-refractivity contribution in [1.82, 2.24) is 15.2 Å². The van der Waals surface area contributed by atoms with Crippen molar-refractivity contribution in [2.75, 3.05) is 0 Å². The Balaban J connectivity index is 2.72. The maximum Gasteiger partial charge on any atom is 0.181 e. The molecule has 2 rings (SSSR count). The summed E-state index contributed by atoms with van der Waals surface area (Å²) in [5, 5.41) is 17.4. The first-order valence-corrected chi connectivity index (χ1v) is 4.11. The van der Waals surface area contributed by atoms with Crippen LogP contribution in [0.2, 0.25) is 0 Å². The average molecular weight is 177 g/mol. The highest BCUT2D eigenvalue weighted by Crippen LogP contribution is 2.24. The van der Waals surface area contributed by atoms with E-state index in [2.05, 4.69) is 15.2 Å². The third-order valence-corrected chi connectivity index (χ3v) is 1.94. The molecule has 0 amide bonds. The lowest BCUT2D eigenvalue weighted by atomic mass is 10.0. The molecule has 2 N–H and O–H groups in total. The third-order valence-electron chi connectivity index (χ3n) is 1.94. The molecule has 0 bridgehead atoms. The van der Waals surface area contributed by atoms with Gasteiger partial charge in [-0.25, -0.2) is 4.98 Å². The van der Waals surface area contributed by atoms with E-state index in [9.17, 15) is 5.11 Å². The molecule has 0 aliphatic carbocycles. The van der Waals surface area contributed by atoms with Crippen molar-refractivity contribution in [3.63, 3.8) is 0 Å². The van der Waals surface area contributed by atoms with Gasteiger partial charge in [-0.1, -0.05) is 0 Å². The molecular weight excluding hydrogens is 166 g/mol. The molecule has 0 aliphatic rings. The minimum absolute atomic E-state index is 0.639. The Morgan fingerprint density at radius 2 is 2.23 bits per heavy atom. The average Bonchev–Trinajstić information content (AvgIpc) is 2.45. The van der Waals surface area contributed by atoms with Crippen LogP contribution in [0.25, 0.3) is 11.0 Å². The number of aromatic nitrogens is 3. The van der Waals surface area contributed by atoms with E-state index in [1.165, 1.54) is 0 Å². The molecule has 68 valence electrons. The van der Waals surface area contributed by atoms with Crippen molar-refractivity contribution in [3.8, 4) is 0 Å². The molecule has 0 radical (unpaired) electrons. The van der Waals surface area contributed by atoms with Crippen molar-refractivity contribution in [2.24, 2.45) is 0 Å². The van der Waals surface area contributed by atoms with Crippen LogP contribution in [0.15, 0.2) is 18.3 Å². The monoisotopic (exact) mass is 177 g/mol. The fourth-order valence-electron chi connectivity index (χ4n) is 1.32. The molecule has 0 aliphatic heterocycles. The first-order valence-electron chi connectivity index (χ1n) is 4.11. The van der Waals surface area contributed by atoms with Crippen molar-refractivity contribution < 1.29 is 5.11 Å². The van der Waals surface area contributed by atoms with Crippen LogP contribution in [-0.2, 0) is 5.60 Å². The second-order valence-corrected chi connectivity index (χ2v) is 3.53. The number of pyridine rings is 1. The van der Waals surface area contributed by atoms with Gasteiger partial charge in [0.25, 0.3) is 0 Å². The summed E-state index contributed by atoms with van der Waals surface area (Å²) >= 11 is 0. The first kappa shape index (κ1) is 8.19. The van der Waals surface area contributed by atoms with Gasteiger partial charge in [-0.3, -0.25) is 5.10 Å². The van der Waals surface area contributed by atoms with Crippen molar-refractivity contribution in [1.29, 1.82) is 0 Å². The van der Waals surface area contributed by atoms with E-state index in [0.717, 1.165) is 5.39 Å². The summed E-state index contributed by atoms with van der Waals surface area (Å²) in [5.41, 5.74) is 0.438. The second-order valence-electron chi connectivity index (χ2n) is 3.53. The summed E-state index contributed by atoms with van der Waals surface area (Å²) in [6, 6.07) is 3.71. The van der Waals surface area contributed by atoms with Gasteiger partial charge in [0.1, 0.15) is 5.60 Å². The standard InChI is InChI=1S/C9H11N3O/c1-9(2,13)7-6-4-3-5-10-8(6)12-11-7/h3-5,13H,1-2H3,(H,10,11,12). The van der Waals surface area contributed by atoms with Crippen LogP contribution in [0.4, 0.5) is 0 Å².